The molecule has 0 bridgehead atoms. The third-order valence-electron chi connectivity index (χ3n) is 2.16. The number of nitrogens with one attached hydrogen (secondary N) is 1. The topological polar surface area (TPSA) is 28.7 Å². The predicted molar refractivity (Wildman–Crippen MR) is 63.8 cm³/mol. The molecule has 0 radical (unpaired) electrons. The van der Waals surface area contributed by atoms with E-state index < -0.39 is 0 Å². The average Bonchev–Trinajstić information content (AvgIpc) is 2.51. The lowest BCUT2D eigenvalue weighted by Gasteiger charge is -2.14. The van der Waals surface area contributed by atoms with Gasteiger partial charge < -0.3 is 4.98 Å². The van der Waals surface area contributed by atoms with E-state index in [4.69, 9.17) is 0 Å². The first kappa shape index (κ1) is 11.6. The highest BCUT2D eigenvalue weighted by molar-refractivity contribution is 7.99. The van der Waals surface area contributed by atoms with E-state index in [9.17, 15) is 0 Å². The zero-order valence-electron chi connectivity index (χ0n) is 9.72. The summed E-state index contributed by atoms with van der Waals surface area (Å²) in [6.07, 6.45) is 1.97. The van der Waals surface area contributed by atoms with Crippen molar-refractivity contribution in [2.45, 2.75) is 45.3 Å². The van der Waals surface area contributed by atoms with Crippen molar-refractivity contribution in [2.75, 3.05) is 5.75 Å². The molecule has 2 nitrogen and oxygen atoms in total. The van der Waals surface area contributed by atoms with Crippen LogP contribution in [0.3, 0.4) is 0 Å². The summed E-state index contributed by atoms with van der Waals surface area (Å²) in [6.45, 7) is 10.9. The quantitative estimate of drug-likeness (QED) is 0.830. The van der Waals surface area contributed by atoms with Crippen LogP contribution in [0.15, 0.2) is 6.20 Å². The number of hydrogen-bond acceptors (Lipinski definition) is 2. The molecule has 1 N–H and O–H groups in total. The van der Waals surface area contributed by atoms with E-state index in [1.807, 2.05) is 18.0 Å². The zero-order chi connectivity index (χ0) is 10.8. The second kappa shape index (κ2) is 4.39. The fraction of sp³-hybridized carbons (Fsp3) is 0.727. The smallest absolute Gasteiger partial charge is 0.111 e. The lowest BCUT2D eigenvalue weighted by atomic mass is 9.96. The number of hydrogen-bond donors (Lipinski definition) is 1. The summed E-state index contributed by atoms with van der Waals surface area (Å²) in [5.41, 5.74) is 1.36. The van der Waals surface area contributed by atoms with Crippen molar-refractivity contribution in [3.05, 3.63) is 17.7 Å². The largest absolute Gasteiger partial charge is 0.345 e. The number of rotatable bonds is 3. The van der Waals surface area contributed by atoms with Gasteiger partial charge in [-0.15, -0.1) is 0 Å². The van der Waals surface area contributed by atoms with E-state index in [2.05, 4.69) is 44.6 Å². The molecule has 1 aromatic rings. The monoisotopic (exact) mass is 212 g/mol. The molecule has 0 fully saturated rings. The van der Waals surface area contributed by atoms with Gasteiger partial charge in [0, 0.05) is 22.6 Å². The Morgan fingerprint density at radius 2 is 2.14 bits per heavy atom. The average molecular weight is 212 g/mol. The Morgan fingerprint density at radius 3 is 2.57 bits per heavy atom. The molecule has 1 atom stereocenters. The molecule has 0 aromatic carbocycles. The van der Waals surface area contributed by atoms with Gasteiger partial charge in [0.15, 0.2) is 0 Å². The molecule has 14 heavy (non-hydrogen) atoms. The highest BCUT2D eigenvalue weighted by Crippen LogP contribution is 2.28. The van der Waals surface area contributed by atoms with Crippen molar-refractivity contribution in [1.82, 2.24) is 9.97 Å². The summed E-state index contributed by atoms with van der Waals surface area (Å²) < 4.78 is 0. The van der Waals surface area contributed by atoms with Gasteiger partial charge >= 0.3 is 0 Å². The van der Waals surface area contributed by atoms with Crippen LogP contribution in [0, 0.1) is 0 Å². The summed E-state index contributed by atoms with van der Waals surface area (Å²) in [5, 5.41) is 0.517. The van der Waals surface area contributed by atoms with Crippen LogP contribution in [0.4, 0.5) is 0 Å². The van der Waals surface area contributed by atoms with E-state index in [0.717, 1.165) is 11.6 Å². The fourth-order valence-corrected chi connectivity index (χ4v) is 2.06. The van der Waals surface area contributed by atoms with Gasteiger partial charge in [0.25, 0.3) is 0 Å². The van der Waals surface area contributed by atoms with Crippen molar-refractivity contribution < 1.29 is 0 Å². The van der Waals surface area contributed by atoms with Gasteiger partial charge in [-0.25, -0.2) is 4.98 Å². The van der Waals surface area contributed by atoms with Gasteiger partial charge in [-0.05, 0) is 12.7 Å². The molecule has 0 spiro atoms. The molecule has 0 aliphatic rings. The normalized spacial score (nSPS) is 14.4. The van der Waals surface area contributed by atoms with E-state index >= 15 is 0 Å². The van der Waals surface area contributed by atoms with Gasteiger partial charge in [0.2, 0.25) is 0 Å². The molecule has 0 aliphatic carbocycles. The van der Waals surface area contributed by atoms with Crippen molar-refractivity contribution in [3.63, 3.8) is 0 Å². The highest BCUT2D eigenvalue weighted by atomic mass is 32.2. The van der Waals surface area contributed by atoms with Gasteiger partial charge in [0.1, 0.15) is 5.82 Å². The van der Waals surface area contributed by atoms with Crippen LogP contribution >= 0.6 is 11.8 Å². The van der Waals surface area contributed by atoms with Crippen LogP contribution in [-0.4, -0.2) is 15.7 Å². The molecular weight excluding hydrogens is 192 g/mol. The highest BCUT2D eigenvalue weighted by Gasteiger charge is 2.18. The third-order valence-corrected chi connectivity index (χ3v) is 3.25. The zero-order valence-corrected chi connectivity index (χ0v) is 10.5. The molecule has 1 rings (SSSR count). The fourth-order valence-electron chi connectivity index (χ4n) is 1.26. The van der Waals surface area contributed by atoms with E-state index in [1.54, 1.807) is 0 Å². The van der Waals surface area contributed by atoms with Crippen molar-refractivity contribution in [1.29, 1.82) is 0 Å². The molecule has 80 valence electrons. The summed E-state index contributed by atoms with van der Waals surface area (Å²) in [7, 11) is 0. The molecule has 1 aromatic heterocycles. The number of aromatic nitrogens is 2. The Labute approximate surface area is 90.9 Å². The van der Waals surface area contributed by atoms with Crippen LogP contribution in [0.1, 0.15) is 51.4 Å². The van der Waals surface area contributed by atoms with Gasteiger partial charge in [0.05, 0.1) is 0 Å². The van der Waals surface area contributed by atoms with Crippen molar-refractivity contribution >= 4 is 11.8 Å². The van der Waals surface area contributed by atoms with E-state index in [1.165, 1.54) is 5.69 Å². The number of aromatic amines is 1. The minimum absolute atomic E-state index is 0.120. The lowest BCUT2D eigenvalue weighted by molar-refractivity contribution is 0.551. The molecule has 1 heterocycles. The first-order valence-corrected chi connectivity index (χ1v) is 6.17. The Kier molecular flexibility index (Phi) is 3.65. The minimum atomic E-state index is 0.120. The van der Waals surface area contributed by atoms with Crippen molar-refractivity contribution in [2.24, 2.45) is 0 Å². The third kappa shape index (κ3) is 2.77. The number of nitrogens with zero attached hydrogens (tertiary/aromatic N) is 1. The van der Waals surface area contributed by atoms with Crippen LogP contribution in [0.5, 0.6) is 0 Å². The first-order chi connectivity index (χ1) is 6.45. The minimum Gasteiger partial charge on any atom is -0.345 e. The molecule has 3 heteroatoms. The van der Waals surface area contributed by atoms with Gasteiger partial charge in [-0.3, -0.25) is 0 Å². The molecule has 0 saturated carbocycles. The second-order valence-electron chi connectivity index (χ2n) is 4.53. The Hall–Kier alpha value is -0.440. The molecule has 0 aliphatic heterocycles. The second-order valence-corrected chi connectivity index (χ2v) is 6.15. The Morgan fingerprint density at radius 1 is 1.50 bits per heavy atom. The maximum Gasteiger partial charge on any atom is 0.111 e. The SMILES string of the molecule is CCSC(C)c1cnc(C(C)(C)C)[nH]1. The van der Waals surface area contributed by atoms with Crippen LogP contribution in [-0.2, 0) is 5.41 Å². The summed E-state index contributed by atoms with van der Waals surface area (Å²) >= 11 is 1.94. The summed E-state index contributed by atoms with van der Waals surface area (Å²) in [5.74, 6) is 2.22. The number of thioether (sulfide) groups is 1. The van der Waals surface area contributed by atoms with Crippen LogP contribution < -0.4 is 0 Å². The van der Waals surface area contributed by atoms with E-state index in [-0.39, 0.29) is 5.41 Å². The van der Waals surface area contributed by atoms with Gasteiger partial charge in [-0.2, -0.15) is 11.8 Å². The maximum absolute atomic E-state index is 4.42. The molecule has 1 unspecified atom stereocenters. The van der Waals surface area contributed by atoms with Crippen molar-refractivity contribution in [3.8, 4) is 0 Å². The number of H-pyrrole nitrogens is 1. The molecule has 0 saturated heterocycles. The maximum atomic E-state index is 4.42. The Balaban J connectivity index is 2.78. The first-order valence-electron chi connectivity index (χ1n) is 5.12. The van der Waals surface area contributed by atoms with Crippen LogP contribution in [0.25, 0.3) is 0 Å². The molecule has 0 amide bonds. The Bertz CT molecular complexity index is 286. The van der Waals surface area contributed by atoms with Crippen LogP contribution in [0.2, 0.25) is 0 Å². The molecular formula is C11H20N2S. The van der Waals surface area contributed by atoms with E-state index in [0.29, 0.717) is 5.25 Å². The predicted octanol–water partition coefficient (Wildman–Crippen LogP) is 3.52. The lowest BCUT2D eigenvalue weighted by Crippen LogP contribution is -2.13. The number of imidazole rings is 1. The summed E-state index contributed by atoms with van der Waals surface area (Å²) in [4.78, 5) is 7.83. The van der Waals surface area contributed by atoms with Gasteiger partial charge in [-0.1, -0.05) is 27.7 Å². The summed E-state index contributed by atoms with van der Waals surface area (Å²) in [6, 6.07) is 0. The standard InChI is InChI=1S/C11H20N2S/c1-6-14-8(2)9-7-12-10(13-9)11(3,4)5/h7-8H,6H2,1-5H3,(H,12,13).